The van der Waals surface area contributed by atoms with Crippen molar-refractivity contribution in [3.8, 4) is 23.0 Å². The predicted octanol–water partition coefficient (Wildman–Crippen LogP) is 5.76. The number of para-hydroxylation sites is 2. The first-order valence-corrected chi connectivity index (χ1v) is 7.21. The normalized spacial score (nSPS) is 11.8. The molecule has 0 aromatic heterocycles. The van der Waals surface area contributed by atoms with Crippen molar-refractivity contribution >= 4 is 12.2 Å². The Morgan fingerprint density at radius 2 is 1.41 bits per heavy atom. The Kier molecular flexibility index (Phi) is 3.13. The van der Waals surface area contributed by atoms with Gasteiger partial charge in [-0.3, -0.25) is 0 Å². The van der Waals surface area contributed by atoms with Crippen LogP contribution in [-0.2, 0) is 0 Å². The molecule has 0 saturated heterocycles. The Hall–Kier alpha value is -3.00. The van der Waals surface area contributed by atoms with Gasteiger partial charge in [0.05, 0.1) is 5.56 Å². The molecule has 1 aliphatic rings. The van der Waals surface area contributed by atoms with Gasteiger partial charge in [0.2, 0.25) is 0 Å². The molecule has 3 aromatic rings. The minimum atomic E-state index is 0.785. The third-order valence-corrected chi connectivity index (χ3v) is 3.57. The van der Waals surface area contributed by atoms with Crippen LogP contribution in [0.4, 0.5) is 0 Å². The van der Waals surface area contributed by atoms with Gasteiger partial charge in [0.1, 0.15) is 23.0 Å². The molecule has 4 rings (SSSR count). The monoisotopic (exact) mass is 286 g/mol. The summed E-state index contributed by atoms with van der Waals surface area (Å²) in [6, 6.07) is 23.6. The number of rotatable bonds is 2. The lowest BCUT2D eigenvalue weighted by molar-refractivity contribution is 0.459. The van der Waals surface area contributed by atoms with Gasteiger partial charge < -0.3 is 9.47 Å². The summed E-state index contributed by atoms with van der Waals surface area (Å²) in [5, 5.41) is 0. The molecule has 0 N–H and O–H groups in total. The molecule has 1 aliphatic heterocycles. The number of hydrogen-bond acceptors (Lipinski definition) is 2. The van der Waals surface area contributed by atoms with Crippen LogP contribution in [0.1, 0.15) is 11.1 Å². The quantitative estimate of drug-likeness (QED) is 0.466. The summed E-state index contributed by atoms with van der Waals surface area (Å²) in [7, 11) is 0. The topological polar surface area (TPSA) is 18.5 Å². The van der Waals surface area contributed by atoms with Gasteiger partial charge in [-0.1, -0.05) is 48.5 Å². The van der Waals surface area contributed by atoms with Gasteiger partial charge in [-0.05, 0) is 36.4 Å². The van der Waals surface area contributed by atoms with E-state index in [0.29, 0.717) is 0 Å². The van der Waals surface area contributed by atoms with E-state index in [-0.39, 0.29) is 0 Å². The number of benzene rings is 3. The first-order chi connectivity index (χ1) is 10.9. The van der Waals surface area contributed by atoms with Crippen molar-refractivity contribution in [3.63, 3.8) is 0 Å². The molecule has 0 radical (unpaired) electrons. The highest BCUT2D eigenvalue weighted by Crippen LogP contribution is 2.39. The van der Waals surface area contributed by atoms with Gasteiger partial charge in [-0.25, -0.2) is 0 Å². The van der Waals surface area contributed by atoms with Crippen LogP contribution in [-0.4, -0.2) is 0 Å². The average molecular weight is 286 g/mol. The van der Waals surface area contributed by atoms with E-state index in [1.165, 1.54) is 0 Å². The maximum absolute atomic E-state index is 6.04. The van der Waals surface area contributed by atoms with E-state index >= 15 is 0 Å². The molecular weight excluding hydrogens is 272 g/mol. The van der Waals surface area contributed by atoms with Crippen molar-refractivity contribution in [3.05, 3.63) is 83.9 Å². The van der Waals surface area contributed by atoms with Crippen molar-refractivity contribution in [1.82, 2.24) is 0 Å². The highest BCUT2D eigenvalue weighted by molar-refractivity contribution is 5.80. The molecule has 106 valence electrons. The minimum Gasteiger partial charge on any atom is -0.457 e. The molecule has 2 heteroatoms. The second-order valence-electron chi connectivity index (χ2n) is 5.06. The maximum atomic E-state index is 6.04. The van der Waals surface area contributed by atoms with Crippen LogP contribution >= 0.6 is 0 Å². The largest absolute Gasteiger partial charge is 0.457 e. The minimum absolute atomic E-state index is 0.785. The van der Waals surface area contributed by atoms with Crippen LogP contribution in [0, 0.1) is 0 Å². The Morgan fingerprint density at radius 1 is 0.636 bits per heavy atom. The number of ether oxygens (including phenoxy) is 2. The van der Waals surface area contributed by atoms with Gasteiger partial charge >= 0.3 is 0 Å². The van der Waals surface area contributed by atoms with Gasteiger partial charge in [0.25, 0.3) is 0 Å². The summed E-state index contributed by atoms with van der Waals surface area (Å²) < 4.78 is 12.0. The van der Waals surface area contributed by atoms with E-state index in [1.807, 2.05) is 78.9 Å². The molecule has 0 unspecified atom stereocenters. The molecule has 0 fully saturated rings. The third-order valence-electron chi connectivity index (χ3n) is 3.57. The van der Waals surface area contributed by atoms with Crippen molar-refractivity contribution in [1.29, 1.82) is 0 Å². The zero-order chi connectivity index (χ0) is 14.8. The molecular formula is C20H14O2. The Morgan fingerprint density at radius 3 is 2.32 bits per heavy atom. The fourth-order valence-corrected chi connectivity index (χ4v) is 2.48. The Balaban J connectivity index is 1.77. The molecule has 0 saturated carbocycles. The van der Waals surface area contributed by atoms with E-state index in [1.54, 1.807) is 0 Å². The van der Waals surface area contributed by atoms with Crippen LogP contribution in [0.3, 0.4) is 0 Å². The lowest BCUT2D eigenvalue weighted by atomic mass is 10.1. The van der Waals surface area contributed by atoms with Crippen LogP contribution in [0.2, 0.25) is 0 Å². The van der Waals surface area contributed by atoms with E-state index in [0.717, 1.165) is 34.1 Å². The SMILES string of the molecule is C1=Cc2c(Oc3ccccc3)cccc2Oc2ccccc21. The average Bonchev–Trinajstić information content (AvgIpc) is 2.75. The molecule has 2 nitrogen and oxygen atoms in total. The number of hydrogen-bond donors (Lipinski definition) is 0. The predicted molar refractivity (Wildman–Crippen MR) is 88.4 cm³/mol. The third kappa shape index (κ3) is 2.35. The van der Waals surface area contributed by atoms with E-state index in [4.69, 9.17) is 9.47 Å². The second-order valence-corrected chi connectivity index (χ2v) is 5.06. The van der Waals surface area contributed by atoms with Gasteiger partial charge in [-0.2, -0.15) is 0 Å². The van der Waals surface area contributed by atoms with Crippen molar-refractivity contribution in [2.24, 2.45) is 0 Å². The Labute approximate surface area is 129 Å². The molecule has 0 amide bonds. The fourth-order valence-electron chi connectivity index (χ4n) is 2.48. The molecule has 3 aromatic carbocycles. The molecule has 1 heterocycles. The van der Waals surface area contributed by atoms with Crippen molar-refractivity contribution in [2.45, 2.75) is 0 Å². The maximum Gasteiger partial charge on any atom is 0.138 e. The summed E-state index contributed by atoms with van der Waals surface area (Å²) in [5.41, 5.74) is 2.01. The van der Waals surface area contributed by atoms with Gasteiger partial charge in [0.15, 0.2) is 0 Å². The van der Waals surface area contributed by atoms with Crippen molar-refractivity contribution < 1.29 is 9.47 Å². The smallest absolute Gasteiger partial charge is 0.138 e. The first-order valence-electron chi connectivity index (χ1n) is 7.21. The van der Waals surface area contributed by atoms with Crippen LogP contribution in [0.25, 0.3) is 12.2 Å². The summed E-state index contributed by atoms with van der Waals surface area (Å²) in [4.78, 5) is 0. The summed E-state index contributed by atoms with van der Waals surface area (Å²) in [5.74, 6) is 3.25. The summed E-state index contributed by atoms with van der Waals surface area (Å²) in [6.45, 7) is 0. The summed E-state index contributed by atoms with van der Waals surface area (Å²) >= 11 is 0. The molecule has 0 bridgehead atoms. The van der Waals surface area contributed by atoms with E-state index < -0.39 is 0 Å². The second kappa shape index (κ2) is 5.41. The molecule has 0 atom stereocenters. The lowest BCUT2D eigenvalue weighted by Crippen LogP contribution is -1.91. The zero-order valence-corrected chi connectivity index (χ0v) is 11.9. The lowest BCUT2D eigenvalue weighted by Gasteiger charge is -2.12. The van der Waals surface area contributed by atoms with Crippen LogP contribution in [0.5, 0.6) is 23.0 Å². The standard InChI is InChI=1S/C20H14O2/c1-2-8-16(9-3-1)21-19-11-6-12-20-17(19)14-13-15-7-4-5-10-18(15)22-20/h1-14H. The van der Waals surface area contributed by atoms with Gasteiger partial charge in [-0.15, -0.1) is 0 Å². The Bertz CT molecular complexity index is 835. The van der Waals surface area contributed by atoms with E-state index in [9.17, 15) is 0 Å². The number of fused-ring (bicyclic) bond motifs is 2. The highest BCUT2D eigenvalue weighted by Gasteiger charge is 2.14. The summed E-state index contributed by atoms with van der Waals surface area (Å²) in [6.07, 6.45) is 4.10. The van der Waals surface area contributed by atoms with Crippen molar-refractivity contribution in [2.75, 3.05) is 0 Å². The zero-order valence-electron chi connectivity index (χ0n) is 11.9. The first kappa shape index (κ1) is 12.7. The van der Waals surface area contributed by atoms with Crippen LogP contribution < -0.4 is 9.47 Å². The highest BCUT2D eigenvalue weighted by atomic mass is 16.5. The molecule has 0 aliphatic carbocycles. The van der Waals surface area contributed by atoms with Crippen LogP contribution in [0.15, 0.2) is 72.8 Å². The fraction of sp³-hybridized carbons (Fsp3) is 0. The molecule has 0 spiro atoms. The molecule has 22 heavy (non-hydrogen) atoms. The van der Waals surface area contributed by atoms with Gasteiger partial charge in [0, 0.05) is 5.56 Å². The van der Waals surface area contributed by atoms with E-state index in [2.05, 4.69) is 6.08 Å².